The minimum atomic E-state index is -0.0262. The Morgan fingerprint density at radius 1 is 1.09 bits per heavy atom. The molecule has 0 aliphatic carbocycles. The number of amides is 1. The molecule has 0 fully saturated rings. The number of benzene rings is 2. The van der Waals surface area contributed by atoms with E-state index >= 15 is 0 Å². The number of halogens is 1. The zero-order valence-corrected chi connectivity index (χ0v) is 13.9. The Kier molecular flexibility index (Phi) is 5.45. The van der Waals surface area contributed by atoms with E-state index in [0.717, 1.165) is 16.9 Å². The number of hydrogen-bond donors (Lipinski definition) is 2. The van der Waals surface area contributed by atoms with Crippen molar-refractivity contribution in [1.82, 2.24) is 0 Å². The second-order valence-electron chi connectivity index (χ2n) is 5.44. The number of hydrogen-bond acceptors (Lipinski definition) is 2. The molecule has 0 unspecified atom stereocenters. The van der Waals surface area contributed by atoms with Crippen molar-refractivity contribution in [3.05, 3.63) is 58.1 Å². The van der Waals surface area contributed by atoms with Crippen LogP contribution in [0.25, 0.3) is 0 Å². The van der Waals surface area contributed by atoms with Gasteiger partial charge in [0.1, 0.15) is 0 Å². The van der Waals surface area contributed by atoms with Crippen LogP contribution in [-0.4, -0.2) is 12.5 Å². The molecule has 4 heteroatoms. The van der Waals surface area contributed by atoms with Crippen molar-refractivity contribution in [1.29, 1.82) is 0 Å². The lowest BCUT2D eigenvalue weighted by Gasteiger charge is -2.11. The molecule has 0 saturated heterocycles. The van der Waals surface area contributed by atoms with E-state index in [9.17, 15) is 4.79 Å². The van der Waals surface area contributed by atoms with Crippen LogP contribution in [0.5, 0.6) is 0 Å². The highest BCUT2D eigenvalue weighted by Crippen LogP contribution is 2.23. The van der Waals surface area contributed by atoms with Gasteiger partial charge in [-0.3, -0.25) is 4.79 Å². The van der Waals surface area contributed by atoms with E-state index in [4.69, 9.17) is 11.6 Å². The first-order chi connectivity index (χ1) is 10.5. The molecule has 0 heterocycles. The van der Waals surface area contributed by atoms with Gasteiger partial charge in [-0.05, 0) is 61.7 Å². The molecule has 0 aromatic heterocycles. The van der Waals surface area contributed by atoms with E-state index in [2.05, 4.69) is 36.6 Å². The maximum atomic E-state index is 12.0. The third kappa shape index (κ3) is 4.25. The molecule has 0 bridgehead atoms. The molecule has 0 radical (unpaired) electrons. The Labute approximate surface area is 136 Å². The summed E-state index contributed by atoms with van der Waals surface area (Å²) in [5, 5.41) is 6.82. The highest BCUT2D eigenvalue weighted by Gasteiger charge is 2.06. The van der Waals surface area contributed by atoms with Gasteiger partial charge in [-0.2, -0.15) is 0 Å². The second kappa shape index (κ2) is 7.32. The molecule has 2 N–H and O–H groups in total. The Balaban J connectivity index is 1.85. The van der Waals surface area contributed by atoms with Crippen molar-refractivity contribution in [3.8, 4) is 0 Å². The maximum absolute atomic E-state index is 12.0. The predicted octanol–water partition coefficient (Wildman–Crippen LogP) is 4.71. The molecule has 116 valence electrons. The zero-order chi connectivity index (χ0) is 16.1. The van der Waals surface area contributed by atoms with Crippen LogP contribution in [-0.2, 0) is 4.79 Å². The average molecular weight is 317 g/mol. The zero-order valence-electron chi connectivity index (χ0n) is 13.2. The first-order valence-electron chi connectivity index (χ1n) is 7.33. The fourth-order valence-electron chi connectivity index (χ4n) is 2.13. The number of rotatable bonds is 5. The molecule has 3 nitrogen and oxygen atoms in total. The van der Waals surface area contributed by atoms with Gasteiger partial charge in [0.05, 0.1) is 0 Å². The largest absolute Gasteiger partial charge is 0.385 e. The molecule has 0 aliphatic heterocycles. The van der Waals surface area contributed by atoms with Crippen LogP contribution < -0.4 is 10.6 Å². The molecule has 2 rings (SSSR count). The van der Waals surface area contributed by atoms with Gasteiger partial charge in [0.2, 0.25) is 5.91 Å². The van der Waals surface area contributed by atoms with Gasteiger partial charge in [-0.25, -0.2) is 0 Å². The molecule has 22 heavy (non-hydrogen) atoms. The molecule has 0 atom stereocenters. The topological polar surface area (TPSA) is 41.1 Å². The fourth-order valence-corrected chi connectivity index (χ4v) is 2.30. The van der Waals surface area contributed by atoms with E-state index in [-0.39, 0.29) is 5.91 Å². The van der Waals surface area contributed by atoms with Gasteiger partial charge >= 0.3 is 0 Å². The summed E-state index contributed by atoms with van der Waals surface area (Å²) in [5.74, 6) is -0.0262. The molecule has 0 saturated carbocycles. The highest BCUT2D eigenvalue weighted by atomic mass is 35.5. The smallest absolute Gasteiger partial charge is 0.226 e. The Hall–Kier alpha value is -2.00. The maximum Gasteiger partial charge on any atom is 0.226 e. The summed E-state index contributed by atoms with van der Waals surface area (Å²) in [5.41, 5.74) is 5.20. The average Bonchev–Trinajstić information content (AvgIpc) is 2.48. The second-order valence-corrected chi connectivity index (χ2v) is 5.84. The van der Waals surface area contributed by atoms with Crippen LogP contribution >= 0.6 is 11.6 Å². The summed E-state index contributed by atoms with van der Waals surface area (Å²) in [7, 11) is 0. The van der Waals surface area contributed by atoms with Gasteiger partial charge in [-0.1, -0.05) is 23.7 Å². The van der Waals surface area contributed by atoms with Crippen molar-refractivity contribution < 1.29 is 4.79 Å². The molecule has 2 aromatic carbocycles. The van der Waals surface area contributed by atoms with E-state index in [0.29, 0.717) is 18.0 Å². The third-order valence-corrected chi connectivity index (χ3v) is 4.14. The first kappa shape index (κ1) is 16.4. The number of carbonyl (C=O) groups is 1. The summed E-state index contributed by atoms with van der Waals surface area (Å²) >= 11 is 6.05. The number of aryl methyl sites for hydroxylation is 2. The minimum absolute atomic E-state index is 0.0262. The SMILES string of the molecule is Cc1ccc(NCCC(=O)Nc2cccc(Cl)c2C)cc1C. The molecule has 1 amide bonds. The summed E-state index contributed by atoms with van der Waals surface area (Å²) in [6.45, 7) is 6.65. The van der Waals surface area contributed by atoms with Crippen LogP contribution in [0.4, 0.5) is 11.4 Å². The van der Waals surface area contributed by atoms with Crippen molar-refractivity contribution in [2.24, 2.45) is 0 Å². The number of nitrogens with one attached hydrogen (secondary N) is 2. The Morgan fingerprint density at radius 2 is 1.86 bits per heavy atom. The lowest BCUT2D eigenvalue weighted by atomic mass is 10.1. The number of carbonyl (C=O) groups excluding carboxylic acids is 1. The van der Waals surface area contributed by atoms with Crippen LogP contribution in [0.2, 0.25) is 5.02 Å². The Morgan fingerprint density at radius 3 is 2.59 bits per heavy atom. The summed E-state index contributed by atoms with van der Waals surface area (Å²) < 4.78 is 0. The molecule has 2 aromatic rings. The van der Waals surface area contributed by atoms with Crippen molar-refractivity contribution in [2.75, 3.05) is 17.2 Å². The quantitative estimate of drug-likeness (QED) is 0.839. The first-order valence-corrected chi connectivity index (χ1v) is 7.71. The predicted molar refractivity (Wildman–Crippen MR) is 93.8 cm³/mol. The van der Waals surface area contributed by atoms with Gasteiger partial charge in [0.25, 0.3) is 0 Å². The minimum Gasteiger partial charge on any atom is -0.385 e. The monoisotopic (exact) mass is 316 g/mol. The summed E-state index contributed by atoms with van der Waals surface area (Å²) in [6.07, 6.45) is 0.402. The van der Waals surface area contributed by atoms with Crippen LogP contribution in [0, 0.1) is 20.8 Å². The van der Waals surface area contributed by atoms with Crippen molar-refractivity contribution in [2.45, 2.75) is 27.2 Å². The fraction of sp³-hybridized carbons (Fsp3) is 0.278. The van der Waals surface area contributed by atoms with Crippen LogP contribution in [0.3, 0.4) is 0 Å². The van der Waals surface area contributed by atoms with Gasteiger partial charge in [0, 0.05) is 29.4 Å². The lowest BCUT2D eigenvalue weighted by molar-refractivity contribution is -0.115. The van der Waals surface area contributed by atoms with E-state index in [1.54, 1.807) is 0 Å². The van der Waals surface area contributed by atoms with Gasteiger partial charge in [-0.15, -0.1) is 0 Å². The highest BCUT2D eigenvalue weighted by molar-refractivity contribution is 6.31. The van der Waals surface area contributed by atoms with Gasteiger partial charge < -0.3 is 10.6 Å². The molecule has 0 spiro atoms. The summed E-state index contributed by atoms with van der Waals surface area (Å²) in [4.78, 5) is 12.0. The van der Waals surface area contributed by atoms with E-state index < -0.39 is 0 Å². The Bertz CT molecular complexity index is 683. The van der Waals surface area contributed by atoms with Crippen LogP contribution in [0.1, 0.15) is 23.1 Å². The molecule has 0 aliphatic rings. The molecular formula is C18H21ClN2O. The van der Waals surface area contributed by atoms with Crippen LogP contribution in [0.15, 0.2) is 36.4 Å². The standard InChI is InChI=1S/C18H21ClN2O/c1-12-7-8-15(11-13(12)2)20-10-9-18(22)21-17-6-4-5-16(19)14(17)3/h4-8,11,20H,9-10H2,1-3H3,(H,21,22). The number of anilines is 2. The molecular weight excluding hydrogens is 296 g/mol. The van der Waals surface area contributed by atoms with E-state index in [1.807, 2.05) is 31.2 Å². The van der Waals surface area contributed by atoms with Gasteiger partial charge in [0.15, 0.2) is 0 Å². The third-order valence-electron chi connectivity index (χ3n) is 3.73. The lowest BCUT2D eigenvalue weighted by Crippen LogP contribution is -2.16. The van der Waals surface area contributed by atoms with Crippen molar-refractivity contribution >= 4 is 28.9 Å². The van der Waals surface area contributed by atoms with Crippen molar-refractivity contribution in [3.63, 3.8) is 0 Å². The van der Waals surface area contributed by atoms with E-state index in [1.165, 1.54) is 11.1 Å². The normalized spacial score (nSPS) is 10.4. The summed E-state index contributed by atoms with van der Waals surface area (Å²) in [6, 6.07) is 11.7.